The van der Waals surface area contributed by atoms with E-state index in [1.54, 1.807) is 0 Å². The molecule has 2 aromatic rings. The van der Waals surface area contributed by atoms with E-state index in [4.69, 9.17) is 0 Å². The smallest absolute Gasteiger partial charge is 0.221 e. The van der Waals surface area contributed by atoms with Gasteiger partial charge >= 0.3 is 0 Å². The van der Waals surface area contributed by atoms with Crippen LogP contribution in [0.25, 0.3) is 10.8 Å². The number of nitrogens with one attached hydrogen (secondary N) is 1. The lowest BCUT2D eigenvalue weighted by atomic mass is 10.0. The number of fused-ring (bicyclic) bond motifs is 1. The summed E-state index contributed by atoms with van der Waals surface area (Å²) in [6.07, 6.45) is -0.241. The molecule has 0 saturated carbocycles. The Morgan fingerprint density at radius 2 is 1.90 bits per heavy atom. The van der Waals surface area contributed by atoms with Crippen LogP contribution >= 0.6 is 0 Å². The molecule has 2 N–H and O–H groups in total. The fourth-order valence-electron chi connectivity index (χ4n) is 2.16. The zero-order chi connectivity index (χ0) is 15.2. The Morgan fingerprint density at radius 3 is 2.62 bits per heavy atom. The fourth-order valence-corrected chi connectivity index (χ4v) is 2.16. The molecule has 0 heterocycles. The van der Waals surface area contributed by atoms with E-state index in [1.165, 1.54) is 0 Å². The van der Waals surface area contributed by atoms with E-state index in [0.717, 1.165) is 16.3 Å². The van der Waals surface area contributed by atoms with Crippen molar-refractivity contribution in [1.29, 1.82) is 0 Å². The van der Waals surface area contributed by atoms with Gasteiger partial charge in [-0.3, -0.25) is 4.79 Å². The van der Waals surface area contributed by atoms with Gasteiger partial charge in [0.2, 0.25) is 5.91 Å². The zero-order valence-electron chi connectivity index (χ0n) is 12.5. The van der Waals surface area contributed by atoms with Gasteiger partial charge in [0.05, 0.1) is 6.10 Å². The molecule has 2 rings (SSSR count). The molecule has 0 saturated heterocycles. The third kappa shape index (κ3) is 4.55. The summed E-state index contributed by atoms with van der Waals surface area (Å²) in [4.78, 5) is 13.6. The van der Waals surface area contributed by atoms with E-state index >= 15 is 0 Å². The van der Waals surface area contributed by atoms with Gasteiger partial charge in [-0.25, -0.2) is 0 Å². The van der Waals surface area contributed by atoms with Gasteiger partial charge in [-0.05, 0) is 36.5 Å². The second kappa shape index (κ2) is 7.20. The molecule has 112 valence electrons. The van der Waals surface area contributed by atoms with Crippen molar-refractivity contribution in [2.75, 3.05) is 27.2 Å². The number of rotatable bonds is 6. The van der Waals surface area contributed by atoms with Gasteiger partial charge < -0.3 is 15.3 Å². The minimum absolute atomic E-state index is 0.0384. The highest BCUT2D eigenvalue weighted by Gasteiger charge is 2.10. The van der Waals surface area contributed by atoms with Crippen LogP contribution in [0.5, 0.6) is 0 Å². The van der Waals surface area contributed by atoms with Crippen molar-refractivity contribution in [3.63, 3.8) is 0 Å². The third-order valence-corrected chi connectivity index (χ3v) is 3.44. The first kappa shape index (κ1) is 15.5. The maximum atomic E-state index is 11.6. The molecule has 0 aliphatic rings. The van der Waals surface area contributed by atoms with Crippen LogP contribution in [0.15, 0.2) is 42.5 Å². The monoisotopic (exact) mass is 286 g/mol. The maximum absolute atomic E-state index is 11.6. The van der Waals surface area contributed by atoms with Crippen molar-refractivity contribution in [1.82, 2.24) is 10.2 Å². The van der Waals surface area contributed by atoms with Gasteiger partial charge in [0.15, 0.2) is 0 Å². The summed E-state index contributed by atoms with van der Waals surface area (Å²) in [6.45, 7) is 0.947. The molecule has 1 atom stereocenters. The van der Waals surface area contributed by atoms with Crippen LogP contribution in [-0.2, 0) is 4.79 Å². The van der Waals surface area contributed by atoms with E-state index in [9.17, 15) is 9.90 Å². The van der Waals surface area contributed by atoms with E-state index in [2.05, 4.69) is 5.32 Å². The molecule has 2 aromatic carbocycles. The molecule has 0 fully saturated rings. The van der Waals surface area contributed by atoms with Crippen LogP contribution in [0, 0.1) is 0 Å². The van der Waals surface area contributed by atoms with E-state index in [0.29, 0.717) is 13.0 Å². The predicted octanol–water partition coefficient (Wildman–Crippen LogP) is 1.94. The summed E-state index contributed by atoms with van der Waals surface area (Å²) in [5.74, 6) is -0.0384. The lowest BCUT2D eigenvalue weighted by Gasteiger charge is -2.14. The molecule has 0 aliphatic carbocycles. The van der Waals surface area contributed by atoms with Crippen molar-refractivity contribution in [2.45, 2.75) is 12.5 Å². The van der Waals surface area contributed by atoms with Gasteiger partial charge in [0.1, 0.15) is 0 Å². The number of carbonyl (C=O) groups excluding carboxylic acids is 1. The first-order valence-electron chi connectivity index (χ1n) is 7.14. The number of aliphatic hydroxyl groups excluding tert-OH is 1. The van der Waals surface area contributed by atoms with Crippen LogP contribution in [-0.4, -0.2) is 43.1 Å². The molecule has 4 heteroatoms. The normalized spacial score (nSPS) is 12.6. The quantitative estimate of drug-likeness (QED) is 0.853. The highest BCUT2D eigenvalue weighted by Crippen LogP contribution is 2.20. The minimum atomic E-state index is -0.682. The Morgan fingerprint density at radius 1 is 1.19 bits per heavy atom. The largest absolute Gasteiger partial charge is 0.387 e. The average Bonchev–Trinajstić information content (AvgIpc) is 2.50. The summed E-state index contributed by atoms with van der Waals surface area (Å²) in [5.41, 5.74) is 0.821. The Bertz CT molecular complexity index is 611. The Kier molecular flexibility index (Phi) is 5.31. The van der Waals surface area contributed by atoms with Gasteiger partial charge in [-0.2, -0.15) is 0 Å². The number of amides is 1. The number of benzene rings is 2. The molecular weight excluding hydrogens is 264 g/mol. The number of aliphatic hydroxyl groups is 1. The topological polar surface area (TPSA) is 52.6 Å². The van der Waals surface area contributed by atoms with Crippen LogP contribution < -0.4 is 5.32 Å². The fraction of sp³-hybridized carbons (Fsp3) is 0.353. The second-order valence-electron chi connectivity index (χ2n) is 5.48. The van der Waals surface area contributed by atoms with Gasteiger partial charge in [-0.15, -0.1) is 0 Å². The number of hydrogen-bond donors (Lipinski definition) is 2. The molecule has 0 aliphatic heterocycles. The zero-order valence-corrected chi connectivity index (χ0v) is 12.5. The van der Waals surface area contributed by atoms with Crippen LogP contribution in [0.4, 0.5) is 0 Å². The van der Waals surface area contributed by atoms with Gasteiger partial charge in [0.25, 0.3) is 0 Å². The Hall–Kier alpha value is -1.91. The first-order valence-corrected chi connectivity index (χ1v) is 7.14. The minimum Gasteiger partial charge on any atom is -0.387 e. The molecule has 1 unspecified atom stereocenters. The lowest BCUT2D eigenvalue weighted by Crippen LogP contribution is -2.30. The number of nitrogens with zero attached hydrogens (tertiary/aromatic N) is 1. The summed E-state index contributed by atoms with van der Waals surface area (Å²) >= 11 is 0. The highest BCUT2D eigenvalue weighted by molar-refractivity contribution is 5.83. The van der Waals surface area contributed by atoms with Crippen LogP contribution in [0.3, 0.4) is 0 Å². The van der Waals surface area contributed by atoms with Crippen molar-refractivity contribution in [3.8, 4) is 0 Å². The third-order valence-electron chi connectivity index (χ3n) is 3.44. The molecule has 0 radical (unpaired) electrons. The maximum Gasteiger partial charge on any atom is 0.221 e. The van der Waals surface area contributed by atoms with E-state index in [-0.39, 0.29) is 12.5 Å². The first-order chi connectivity index (χ1) is 10.1. The van der Waals surface area contributed by atoms with Crippen LogP contribution in [0.2, 0.25) is 0 Å². The Balaban J connectivity index is 1.92. The molecule has 21 heavy (non-hydrogen) atoms. The SMILES string of the molecule is CN(C)CCC(=O)NCC(O)c1ccc2ccccc2c1. The molecule has 0 aromatic heterocycles. The van der Waals surface area contributed by atoms with Gasteiger partial charge in [0, 0.05) is 19.5 Å². The van der Waals surface area contributed by atoms with Crippen LogP contribution in [0.1, 0.15) is 18.1 Å². The van der Waals surface area contributed by atoms with E-state index < -0.39 is 6.10 Å². The predicted molar refractivity (Wildman–Crippen MR) is 85.1 cm³/mol. The molecule has 0 bridgehead atoms. The molecule has 0 spiro atoms. The van der Waals surface area contributed by atoms with E-state index in [1.807, 2.05) is 61.5 Å². The lowest BCUT2D eigenvalue weighted by molar-refractivity contribution is -0.121. The summed E-state index contributed by atoms with van der Waals surface area (Å²) in [6, 6.07) is 13.9. The Labute approximate surface area is 125 Å². The van der Waals surface area contributed by atoms with Crippen molar-refractivity contribution < 1.29 is 9.90 Å². The molecular formula is C17H22N2O2. The number of carbonyl (C=O) groups is 1. The standard InChI is InChI=1S/C17H22N2O2/c1-19(2)10-9-17(21)18-12-16(20)15-8-7-13-5-3-4-6-14(13)11-15/h3-8,11,16,20H,9-10,12H2,1-2H3,(H,18,21). The molecule has 1 amide bonds. The summed E-state index contributed by atoms with van der Waals surface area (Å²) in [7, 11) is 3.86. The second-order valence-corrected chi connectivity index (χ2v) is 5.48. The van der Waals surface area contributed by atoms with Crippen molar-refractivity contribution in [3.05, 3.63) is 48.0 Å². The molecule has 4 nitrogen and oxygen atoms in total. The number of hydrogen-bond acceptors (Lipinski definition) is 3. The summed E-state index contributed by atoms with van der Waals surface area (Å²) in [5, 5.41) is 15.2. The van der Waals surface area contributed by atoms with Crippen molar-refractivity contribution >= 4 is 16.7 Å². The summed E-state index contributed by atoms with van der Waals surface area (Å²) < 4.78 is 0. The van der Waals surface area contributed by atoms with Crippen molar-refractivity contribution in [2.24, 2.45) is 0 Å². The average molecular weight is 286 g/mol. The highest BCUT2D eigenvalue weighted by atomic mass is 16.3. The van der Waals surface area contributed by atoms with Gasteiger partial charge in [-0.1, -0.05) is 36.4 Å².